The summed E-state index contributed by atoms with van der Waals surface area (Å²) in [5.41, 5.74) is 2.37. The second-order valence-electron chi connectivity index (χ2n) is 6.33. The SMILES string of the molecule is COc1ccccc1C(CNCc1ccc2c(c1)OCCO2)N(C)C. The van der Waals surface area contributed by atoms with Crippen LogP contribution in [-0.4, -0.2) is 45.9 Å². The normalized spacial score (nSPS) is 14.4. The molecule has 1 atom stereocenters. The van der Waals surface area contributed by atoms with Crippen molar-refractivity contribution in [3.8, 4) is 17.2 Å². The third-order valence-electron chi connectivity index (χ3n) is 4.39. The number of nitrogens with zero attached hydrogens (tertiary/aromatic N) is 1. The molecule has 0 saturated heterocycles. The Morgan fingerprint density at radius 3 is 2.60 bits per heavy atom. The smallest absolute Gasteiger partial charge is 0.161 e. The molecule has 2 aromatic carbocycles. The standard InChI is InChI=1S/C20H26N2O3/c1-22(2)17(16-6-4-5-7-18(16)23-3)14-21-13-15-8-9-19-20(12-15)25-11-10-24-19/h4-9,12,17,21H,10-11,13-14H2,1-3H3. The summed E-state index contributed by atoms with van der Waals surface area (Å²) in [6, 6.07) is 14.5. The highest BCUT2D eigenvalue weighted by atomic mass is 16.6. The van der Waals surface area contributed by atoms with Crippen LogP contribution in [0.25, 0.3) is 0 Å². The van der Waals surface area contributed by atoms with Gasteiger partial charge < -0.3 is 24.4 Å². The number of ether oxygens (including phenoxy) is 3. The molecule has 0 aromatic heterocycles. The van der Waals surface area contributed by atoms with Crippen LogP contribution in [0.1, 0.15) is 17.2 Å². The fraction of sp³-hybridized carbons (Fsp3) is 0.400. The van der Waals surface area contributed by atoms with Gasteiger partial charge in [0, 0.05) is 18.7 Å². The molecule has 0 spiro atoms. The number of rotatable bonds is 7. The van der Waals surface area contributed by atoms with E-state index in [1.807, 2.05) is 18.2 Å². The van der Waals surface area contributed by atoms with Crippen LogP contribution in [0.2, 0.25) is 0 Å². The molecule has 0 amide bonds. The van der Waals surface area contributed by atoms with E-state index in [0.717, 1.165) is 30.3 Å². The minimum atomic E-state index is 0.230. The molecule has 3 rings (SSSR count). The van der Waals surface area contributed by atoms with Crippen molar-refractivity contribution in [2.75, 3.05) is 41.0 Å². The van der Waals surface area contributed by atoms with Gasteiger partial charge in [-0.3, -0.25) is 0 Å². The number of hydrogen-bond acceptors (Lipinski definition) is 5. The summed E-state index contributed by atoms with van der Waals surface area (Å²) >= 11 is 0. The van der Waals surface area contributed by atoms with Gasteiger partial charge in [0.2, 0.25) is 0 Å². The predicted molar refractivity (Wildman–Crippen MR) is 98.6 cm³/mol. The lowest BCUT2D eigenvalue weighted by molar-refractivity contribution is 0.171. The molecule has 0 saturated carbocycles. The minimum Gasteiger partial charge on any atom is -0.496 e. The number of para-hydroxylation sites is 1. The second kappa shape index (κ2) is 8.23. The highest BCUT2D eigenvalue weighted by molar-refractivity contribution is 5.43. The van der Waals surface area contributed by atoms with Crippen LogP contribution in [0, 0.1) is 0 Å². The highest BCUT2D eigenvalue weighted by Crippen LogP contribution is 2.31. The van der Waals surface area contributed by atoms with Gasteiger partial charge in [-0.2, -0.15) is 0 Å². The number of benzene rings is 2. The molecule has 25 heavy (non-hydrogen) atoms. The van der Waals surface area contributed by atoms with Gasteiger partial charge in [-0.05, 0) is 37.9 Å². The molecule has 1 aliphatic rings. The zero-order chi connectivity index (χ0) is 17.6. The summed E-state index contributed by atoms with van der Waals surface area (Å²) in [7, 11) is 5.89. The van der Waals surface area contributed by atoms with Crippen molar-refractivity contribution in [1.29, 1.82) is 0 Å². The van der Waals surface area contributed by atoms with E-state index in [0.29, 0.717) is 13.2 Å². The molecule has 0 fully saturated rings. The minimum absolute atomic E-state index is 0.230. The van der Waals surface area contributed by atoms with E-state index in [-0.39, 0.29) is 6.04 Å². The average molecular weight is 342 g/mol. The quantitative estimate of drug-likeness (QED) is 0.838. The Balaban J connectivity index is 1.64. The first-order valence-electron chi connectivity index (χ1n) is 8.57. The maximum Gasteiger partial charge on any atom is 0.161 e. The van der Waals surface area contributed by atoms with Gasteiger partial charge in [-0.15, -0.1) is 0 Å². The molecule has 0 radical (unpaired) electrons. The van der Waals surface area contributed by atoms with Crippen LogP contribution in [0.3, 0.4) is 0 Å². The average Bonchev–Trinajstić information content (AvgIpc) is 2.65. The predicted octanol–water partition coefficient (Wildman–Crippen LogP) is 2.86. The van der Waals surface area contributed by atoms with E-state index >= 15 is 0 Å². The van der Waals surface area contributed by atoms with Gasteiger partial charge in [0.15, 0.2) is 11.5 Å². The van der Waals surface area contributed by atoms with E-state index in [1.54, 1.807) is 7.11 Å². The maximum absolute atomic E-state index is 5.65. The van der Waals surface area contributed by atoms with Crippen molar-refractivity contribution in [3.63, 3.8) is 0 Å². The highest BCUT2D eigenvalue weighted by Gasteiger charge is 2.18. The van der Waals surface area contributed by atoms with Crippen molar-refractivity contribution in [3.05, 3.63) is 53.6 Å². The van der Waals surface area contributed by atoms with E-state index in [4.69, 9.17) is 14.2 Å². The van der Waals surface area contributed by atoms with E-state index in [1.165, 1.54) is 11.1 Å². The Hall–Kier alpha value is -2.24. The van der Waals surface area contributed by atoms with Crippen molar-refractivity contribution in [2.24, 2.45) is 0 Å². The topological polar surface area (TPSA) is 43.0 Å². The zero-order valence-corrected chi connectivity index (χ0v) is 15.1. The van der Waals surface area contributed by atoms with Gasteiger partial charge >= 0.3 is 0 Å². The van der Waals surface area contributed by atoms with Crippen molar-refractivity contribution < 1.29 is 14.2 Å². The van der Waals surface area contributed by atoms with Crippen LogP contribution >= 0.6 is 0 Å². The molecule has 1 N–H and O–H groups in total. The molecular formula is C20H26N2O3. The lowest BCUT2D eigenvalue weighted by atomic mass is 10.0. The molecule has 0 bridgehead atoms. The third kappa shape index (κ3) is 4.24. The molecule has 1 unspecified atom stereocenters. The summed E-state index contributed by atoms with van der Waals surface area (Å²) in [6.45, 7) is 2.83. The fourth-order valence-electron chi connectivity index (χ4n) is 3.06. The number of nitrogens with one attached hydrogen (secondary N) is 1. The summed E-state index contributed by atoms with van der Waals surface area (Å²) in [5.74, 6) is 2.58. The van der Waals surface area contributed by atoms with Crippen molar-refractivity contribution in [1.82, 2.24) is 10.2 Å². The number of likely N-dealkylation sites (N-methyl/N-ethyl adjacent to an activating group) is 1. The lowest BCUT2D eigenvalue weighted by Crippen LogP contribution is -2.31. The molecule has 0 aliphatic carbocycles. The first kappa shape index (κ1) is 17.6. The first-order valence-corrected chi connectivity index (χ1v) is 8.57. The molecule has 1 heterocycles. The summed E-state index contributed by atoms with van der Waals surface area (Å²) in [4.78, 5) is 2.20. The van der Waals surface area contributed by atoms with Gasteiger partial charge in [-0.1, -0.05) is 24.3 Å². The fourth-order valence-corrected chi connectivity index (χ4v) is 3.06. The molecule has 2 aromatic rings. The van der Waals surface area contributed by atoms with Crippen LogP contribution in [0.4, 0.5) is 0 Å². The monoisotopic (exact) mass is 342 g/mol. The molecule has 5 heteroatoms. The molecule has 134 valence electrons. The van der Waals surface area contributed by atoms with Crippen LogP contribution < -0.4 is 19.5 Å². The van der Waals surface area contributed by atoms with Crippen LogP contribution in [0.5, 0.6) is 17.2 Å². The Labute approximate surface area is 149 Å². The van der Waals surface area contributed by atoms with Crippen LogP contribution in [-0.2, 0) is 6.54 Å². The van der Waals surface area contributed by atoms with E-state index < -0.39 is 0 Å². The first-order chi connectivity index (χ1) is 12.2. The molecule has 1 aliphatic heterocycles. The number of hydrogen-bond donors (Lipinski definition) is 1. The third-order valence-corrected chi connectivity index (χ3v) is 4.39. The Bertz CT molecular complexity index is 703. The molecule has 5 nitrogen and oxygen atoms in total. The Kier molecular flexibility index (Phi) is 5.79. The van der Waals surface area contributed by atoms with Gasteiger partial charge in [0.25, 0.3) is 0 Å². The second-order valence-corrected chi connectivity index (χ2v) is 6.33. The summed E-state index contributed by atoms with van der Waals surface area (Å²) < 4.78 is 16.7. The number of fused-ring (bicyclic) bond motifs is 1. The largest absolute Gasteiger partial charge is 0.496 e. The van der Waals surface area contributed by atoms with Gasteiger partial charge in [0.1, 0.15) is 19.0 Å². The van der Waals surface area contributed by atoms with Gasteiger partial charge in [0.05, 0.1) is 13.2 Å². The van der Waals surface area contributed by atoms with E-state index in [2.05, 4.69) is 48.6 Å². The number of methoxy groups -OCH3 is 1. The maximum atomic E-state index is 5.65. The van der Waals surface area contributed by atoms with E-state index in [9.17, 15) is 0 Å². The summed E-state index contributed by atoms with van der Waals surface area (Å²) in [5, 5.41) is 3.55. The molecular weight excluding hydrogens is 316 g/mol. The Morgan fingerprint density at radius 2 is 1.84 bits per heavy atom. The van der Waals surface area contributed by atoms with Crippen LogP contribution in [0.15, 0.2) is 42.5 Å². The van der Waals surface area contributed by atoms with Gasteiger partial charge in [-0.25, -0.2) is 0 Å². The lowest BCUT2D eigenvalue weighted by Gasteiger charge is -2.27. The zero-order valence-electron chi connectivity index (χ0n) is 15.1. The Morgan fingerprint density at radius 1 is 1.08 bits per heavy atom. The summed E-state index contributed by atoms with van der Waals surface area (Å²) in [6.07, 6.45) is 0. The van der Waals surface area contributed by atoms with Crippen molar-refractivity contribution in [2.45, 2.75) is 12.6 Å². The van der Waals surface area contributed by atoms with Crippen molar-refractivity contribution >= 4 is 0 Å².